The number of halogens is 1. The van der Waals surface area contributed by atoms with Crippen LogP contribution >= 0.6 is 23.4 Å². The normalized spacial score (nSPS) is 20.6. The van der Waals surface area contributed by atoms with Crippen LogP contribution in [0.5, 0.6) is 0 Å². The van der Waals surface area contributed by atoms with Gasteiger partial charge in [0.1, 0.15) is 0 Å². The van der Waals surface area contributed by atoms with Gasteiger partial charge in [-0.3, -0.25) is 0 Å². The van der Waals surface area contributed by atoms with Gasteiger partial charge in [-0.25, -0.2) is 0 Å². The lowest BCUT2D eigenvalue weighted by molar-refractivity contribution is 0.447. The van der Waals surface area contributed by atoms with Crippen LogP contribution in [0.1, 0.15) is 38.3 Å². The van der Waals surface area contributed by atoms with Crippen molar-refractivity contribution in [3.05, 3.63) is 28.8 Å². The van der Waals surface area contributed by atoms with Gasteiger partial charge in [0.05, 0.1) is 5.02 Å². The Morgan fingerprint density at radius 1 is 1.44 bits per heavy atom. The first-order valence-corrected chi connectivity index (χ1v) is 7.22. The molecular weight excluding hydrogens is 238 g/mol. The monoisotopic (exact) mass is 255 g/mol. The molecule has 0 bridgehead atoms. The van der Waals surface area contributed by atoms with Crippen LogP contribution in [0.4, 0.5) is 0 Å². The molecule has 0 fully saturated rings. The van der Waals surface area contributed by atoms with Crippen LogP contribution in [0.2, 0.25) is 5.02 Å². The standard InChI is InChI=1S/C13H18ClNS/c1-9(2)15-12-7-4-8-16-13-10(12)5-3-6-11(13)14/h3,5-6,9,12,15H,4,7-8H2,1-2H3. The van der Waals surface area contributed by atoms with Crippen LogP contribution in [0, 0.1) is 0 Å². The van der Waals surface area contributed by atoms with E-state index in [-0.39, 0.29) is 0 Å². The summed E-state index contributed by atoms with van der Waals surface area (Å²) in [4.78, 5) is 1.28. The Morgan fingerprint density at radius 2 is 2.25 bits per heavy atom. The molecule has 88 valence electrons. The molecule has 16 heavy (non-hydrogen) atoms. The lowest BCUT2D eigenvalue weighted by atomic mass is 10.0. The summed E-state index contributed by atoms with van der Waals surface area (Å²) < 4.78 is 0. The van der Waals surface area contributed by atoms with Gasteiger partial charge < -0.3 is 5.32 Å². The molecule has 1 heterocycles. The first kappa shape index (κ1) is 12.3. The Balaban J connectivity index is 2.33. The average molecular weight is 256 g/mol. The molecule has 1 aromatic rings. The number of thioether (sulfide) groups is 1. The minimum Gasteiger partial charge on any atom is -0.308 e. The van der Waals surface area contributed by atoms with Crippen molar-refractivity contribution >= 4 is 23.4 Å². The SMILES string of the molecule is CC(C)NC1CCCSc2c(Cl)cccc21. The smallest absolute Gasteiger partial charge is 0.0545 e. The maximum atomic E-state index is 6.27. The molecule has 0 aromatic heterocycles. The highest BCUT2D eigenvalue weighted by Gasteiger charge is 2.20. The predicted octanol–water partition coefficient (Wildman–Crippen LogP) is 4.27. The molecule has 0 radical (unpaired) electrons. The molecule has 1 unspecified atom stereocenters. The zero-order valence-electron chi connectivity index (χ0n) is 9.79. The van der Waals surface area contributed by atoms with Crippen molar-refractivity contribution in [3.8, 4) is 0 Å². The topological polar surface area (TPSA) is 12.0 Å². The minimum absolute atomic E-state index is 0.462. The Kier molecular flexibility index (Phi) is 4.17. The maximum absolute atomic E-state index is 6.27. The van der Waals surface area contributed by atoms with E-state index in [1.54, 1.807) is 0 Å². The molecule has 1 aromatic carbocycles. The van der Waals surface area contributed by atoms with Gasteiger partial charge in [0.15, 0.2) is 0 Å². The van der Waals surface area contributed by atoms with Crippen molar-refractivity contribution in [1.82, 2.24) is 5.32 Å². The largest absolute Gasteiger partial charge is 0.308 e. The number of benzene rings is 1. The number of fused-ring (bicyclic) bond motifs is 1. The van der Waals surface area contributed by atoms with E-state index >= 15 is 0 Å². The van der Waals surface area contributed by atoms with E-state index in [9.17, 15) is 0 Å². The summed E-state index contributed by atoms with van der Waals surface area (Å²) in [6.07, 6.45) is 2.46. The molecule has 1 aliphatic heterocycles. The highest BCUT2D eigenvalue weighted by Crippen LogP contribution is 2.39. The van der Waals surface area contributed by atoms with Crippen LogP contribution in [0.25, 0.3) is 0 Å². The van der Waals surface area contributed by atoms with E-state index in [0.717, 1.165) is 5.02 Å². The fourth-order valence-corrected chi connectivity index (χ4v) is 3.59. The molecule has 0 saturated carbocycles. The Morgan fingerprint density at radius 3 is 3.00 bits per heavy atom. The number of hydrogen-bond donors (Lipinski definition) is 1. The predicted molar refractivity (Wildman–Crippen MR) is 72.4 cm³/mol. The zero-order valence-corrected chi connectivity index (χ0v) is 11.4. The van der Waals surface area contributed by atoms with E-state index in [2.05, 4.69) is 31.3 Å². The Hall–Kier alpha value is -0.180. The van der Waals surface area contributed by atoms with Crippen molar-refractivity contribution in [1.29, 1.82) is 0 Å². The van der Waals surface area contributed by atoms with Gasteiger partial charge in [-0.1, -0.05) is 37.6 Å². The van der Waals surface area contributed by atoms with E-state index in [0.29, 0.717) is 12.1 Å². The summed E-state index contributed by atoms with van der Waals surface area (Å²) >= 11 is 8.16. The second-order valence-electron chi connectivity index (χ2n) is 4.52. The molecule has 1 N–H and O–H groups in total. The van der Waals surface area contributed by atoms with Gasteiger partial charge in [0.2, 0.25) is 0 Å². The van der Waals surface area contributed by atoms with Crippen LogP contribution in [-0.4, -0.2) is 11.8 Å². The lowest BCUT2D eigenvalue weighted by Gasteiger charge is -2.21. The fraction of sp³-hybridized carbons (Fsp3) is 0.538. The molecule has 1 aliphatic rings. The summed E-state index contributed by atoms with van der Waals surface area (Å²) in [5.74, 6) is 1.17. The molecule has 1 atom stereocenters. The molecule has 3 heteroatoms. The lowest BCUT2D eigenvalue weighted by Crippen LogP contribution is -2.28. The van der Waals surface area contributed by atoms with E-state index in [1.165, 1.54) is 29.1 Å². The maximum Gasteiger partial charge on any atom is 0.0545 e. The highest BCUT2D eigenvalue weighted by atomic mass is 35.5. The van der Waals surface area contributed by atoms with Crippen LogP contribution in [-0.2, 0) is 0 Å². The molecule has 0 aliphatic carbocycles. The summed E-state index contributed by atoms with van der Waals surface area (Å²) in [6.45, 7) is 4.39. The van der Waals surface area contributed by atoms with Crippen molar-refractivity contribution < 1.29 is 0 Å². The van der Waals surface area contributed by atoms with Gasteiger partial charge in [-0.05, 0) is 30.2 Å². The van der Waals surface area contributed by atoms with Gasteiger partial charge >= 0.3 is 0 Å². The summed E-state index contributed by atoms with van der Waals surface area (Å²) in [6, 6.07) is 7.23. The number of nitrogens with one attached hydrogen (secondary N) is 1. The summed E-state index contributed by atoms with van der Waals surface area (Å²) in [7, 11) is 0. The third kappa shape index (κ3) is 2.73. The van der Waals surface area contributed by atoms with E-state index in [1.807, 2.05) is 17.8 Å². The third-order valence-corrected chi connectivity index (χ3v) is 4.46. The van der Waals surface area contributed by atoms with Crippen molar-refractivity contribution in [2.75, 3.05) is 5.75 Å². The highest BCUT2D eigenvalue weighted by molar-refractivity contribution is 7.99. The van der Waals surface area contributed by atoms with Gasteiger partial charge in [-0.15, -0.1) is 11.8 Å². The fourth-order valence-electron chi connectivity index (χ4n) is 2.14. The molecule has 0 spiro atoms. The quantitative estimate of drug-likeness (QED) is 0.847. The van der Waals surface area contributed by atoms with Gasteiger partial charge in [0.25, 0.3) is 0 Å². The molecule has 1 nitrogen and oxygen atoms in total. The summed E-state index contributed by atoms with van der Waals surface area (Å²) in [5, 5.41) is 4.54. The van der Waals surface area contributed by atoms with Crippen molar-refractivity contribution in [2.24, 2.45) is 0 Å². The molecule has 0 amide bonds. The van der Waals surface area contributed by atoms with Crippen LogP contribution < -0.4 is 5.32 Å². The van der Waals surface area contributed by atoms with Gasteiger partial charge in [-0.2, -0.15) is 0 Å². The average Bonchev–Trinajstić information content (AvgIpc) is 2.42. The molecule has 0 saturated heterocycles. The van der Waals surface area contributed by atoms with Crippen molar-refractivity contribution in [3.63, 3.8) is 0 Å². The van der Waals surface area contributed by atoms with Crippen LogP contribution in [0.15, 0.2) is 23.1 Å². The first-order chi connectivity index (χ1) is 7.68. The first-order valence-electron chi connectivity index (χ1n) is 5.85. The number of hydrogen-bond acceptors (Lipinski definition) is 2. The summed E-state index contributed by atoms with van der Waals surface area (Å²) in [5.41, 5.74) is 1.38. The minimum atomic E-state index is 0.462. The second-order valence-corrected chi connectivity index (χ2v) is 6.04. The third-order valence-electron chi connectivity index (χ3n) is 2.79. The molecular formula is C13H18ClNS. The zero-order chi connectivity index (χ0) is 11.5. The van der Waals surface area contributed by atoms with Crippen molar-refractivity contribution in [2.45, 2.75) is 43.7 Å². The molecule has 2 rings (SSSR count). The Bertz CT molecular complexity index is 365. The second kappa shape index (κ2) is 5.44. The number of rotatable bonds is 2. The van der Waals surface area contributed by atoms with E-state index < -0.39 is 0 Å². The van der Waals surface area contributed by atoms with E-state index in [4.69, 9.17) is 11.6 Å². The van der Waals surface area contributed by atoms with Crippen LogP contribution in [0.3, 0.4) is 0 Å². The van der Waals surface area contributed by atoms with Gasteiger partial charge in [0, 0.05) is 17.0 Å². The Labute approximate surface area is 107 Å².